The van der Waals surface area contributed by atoms with E-state index >= 15 is 0 Å². The summed E-state index contributed by atoms with van der Waals surface area (Å²) in [4.78, 5) is 12.4. The molecule has 0 saturated carbocycles. The van der Waals surface area contributed by atoms with Gasteiger partial charge in [-0.1, -0.05) is 99.3 Å². The molecular formula is C28H29N5OS. The maximum absolute atomic E-state index is 12.4. The van der Waals surface area contributed by atoms with Gasteiger partial charge >= 0.3 is 0 Å². The smallest absolute Gasteiger partial charge is 0.250 e. The van der Waals surface area contributed by atoms with Crippen LogP contribution in [0, 0.1) is 6.92 Å². The fraction of sp³-hybridized carbons (Fsp3) is 0.214. The van der Waals surface area contributed by atoms with Crippen LogP contribution in [0.3, 0.4) is 0 Å². The van der Waals surface area contributed by atoms with Crippen LogP contribution >= 0.6 is 11.8 Å². The lowest BCUT2D eigenvalue weighted by Crippen LogP contribution is -2.20. The van der Waals surface area contributed by atoms with Crippen molar-refractivity contribution in [2.24, 2.45) is 5.10 Å². The number of nitrogens with zero attached hydrogens (tertiary/aromatic N) is 4. The minimum absolute atomic E-state index is 0.0711. The molecule has 1 N–H and O–H groups in total. The quantitative estimate of drug-likeness (QED) is 0.205. The summed E-state index contributed by atoms with van der Waals surface area (Å²) in [6.45, 7) is 8.58. The lowest BCUT2D eigenvalue weighted by atomic mass is 9.87. The summed E-state index contributed by atoms with van der Waals surface area (Å²) in [5.41, 5.74) is 7.89. The monoisotopic (exact) mass is 483 g/mol. The molecule has 3 aromatic carbocycles. The highest BCUT2D eigenvalue weighted by atomic mass is 32.2. The van der Waals surface area contributed by atoms with E-state index in [2.05, 4.69) is 65.8 Å². The van der Waals surface area contributed by atoms with Crippen LogP contribution in [0.15, 0.2) is 89.1 Å². The summed E-state index contributed by atoms with van der Waals surface area (Å²) in [7, 11) is 0. The Kier molecular flexibility index (Phi) is 7.46. The van der Waals surface area contributed by atoms with Crippen LogP contribution in [-0.2, 0) is 10.2 Å². The largest absolute Gasteiger partial charge is 0.272 e. The van der Waals surface area contributed by atoms with Crippen molar-refractivity contribution < 1.29 is 4.79 Å². The van der Waals surface area contributed by atoms with Gasteiger partial charge in [0.2, 0.25) is 0 Å². The zero-order valence-corrected chi connectivity index (χ0v) is 21.2. The standard InChI is InChI=1S/C28H29N5OS/c1-20-10-8-9-11-22(20)18-29-30-25(34)19-35-27-32-31-26(33(27)24-12-6-5-7-13-24)21-14-16-23(17-15-21)28(2,3)4/h5-18H,19H2,1-4H3,(H,30,34). The van der Waals surface area contributed by atoms with Gasteiger partial charge in [0.15, 0.2) is 11.0 Å². The van der Waals surface area contributed by atoms with Gasteiger partial charge in [0.25, 0.3) is 5.91 Å². The number of carbonyl (C=O) groups is 1. The number of amides is 1. The Morgan fingerprint density at radius 2 is 1.66 bits per heavy atom. The number of benzene rings is 3. The number of para-hydroxylation sites is 1. The van der Waals surface area contributed by atoms with Crippen molar-refractivity contribution in [3.05, 3.63) is 95.6 Å². The first kappa shape index (κ1) is 24.4. The van der Waals surface area contributed by atoms with E-state index in [9.17, 15) is 4.79 Å². The minimum Gasteiger partial charge on any atom is -0.272 e. The Labute approximate surface area is 210 Å². The molecule has 1 amide bonds. The topological polar surface area (TPSA) is 72.2 Å². The number of aromatic nitrogens is 3. The van der Waals surface area contributed by atoms with E-state index < -0.39 is 0 Å². The summed E-state index contributed by atoms with van der Waals surface area (Å²) in [6, 6.07) is 26.2. The molecule has 0 fully saturated rings. The van der Waals surface area contributed by atoms with Crippen molar-refractivity contribution in [1.82, 2.24) is 20.2 Å². The number of rotatable bonds is 7. The third-order valence-corrected chi connectivity index (χ3v) is 6.50. The molecule has 0 spiro atoms. The van der Waals surface area contributed by atoms with Crippen LogP contribution in [0.2, 0.25) is 0 Å². The fourth-order valence-corrected chi connectivity index (χ4v) is 4.29. The molecule has 0 aliphatic carbocycles. The van der Waals surface area contributed by atoms with Crippen molar-refractivity contribution in [2.45, 2.75) is 38.3 Å². The molecule has 1 heterocycles. The van der Waals surface area contributed by atoms with Gasteiger partial charge in [0, 0.05) is 11.3 Å². The summed E-state index contributed by atoms with van der Waals surface area (Å²) < 4.78 is 1.99. The number of carbonyl (C=O) groups excluding carboxylic acids is 1. The molecule has 4 aromatic rings. The molecule has 1 aromatic heterocycles. The highest BCUT2D eigenvalue weighted by Gasteiger charge is 2.19. The molecule has 178 valence electrons. The van der Waals surface area contributed by atoms with Gasteiger partial charge in [-0.05, 0) is 41.2 Å². The SMILES string of the molecule is Cc1ccccc1C=NNC(=O)CSc1nnc(-c2ccc(C(C)(C)C)cc2)n1-c1ccccc1. The fourth-order valence-electron chi connectivity index (χ4n) is 3.55. The van der Waals surface area contributed by atoms with Gasteiger partial charge in [0.05, 0.1) is 12.0 Å². The van der Waals surface area contributed by atoms with Crippen LogP contribution in [-0.4, -0.2) is 32.6 Å². The number of hydrazone groups is 1. The van der Waals surface area contributed by atoms with E-state index in [4.69, 9.17) is 0 Å². The summed E-state index contributed by atoms with van der Waals surface area (Å²) in [6.07, 6.45) is 1.66. The van der Waals surface area contributed by atoms with Gasteiger partial charge in [-0.2, -0.15) is 5.10 Å². The van der Waals surface area contributed by atoms with Crippen LogP contribution in [0.1, 0.15) is 37.5 Å². The molecule has 0 aliphatic heterocycles. The predicted molar refractivity (Wildman–Crippen MR) is 143 cm³/mol. The highest BCUT2D eigenvalue weighted by Crippen LogP contribution is 2.30. The van der Waals surface area contributed by atoms with Crippen molar-refractivity contribution in [2.75, 3.05) is 5.75 Å². The Bertz CT molecular complexity index is 1320. The van der Waals surface area contributed by atoms with Crippen molar-refractivity contribution >= 4 is 23.9 Å². The second-order valence-electron chi connectivity index (χ2n) is 9.24. The summed E-state index contributed by atoms with van der Waals surface area (Å²) in [5, 5.41) is 13.6. The normalized spacial score (nSPS) is 11.7. The maximum Gasteiger partial charge on any atom is 0.250 e. The zero-order valence-electron chi connectivity index (χ0n) is 20.4. The highest BCUT2D eigenvalue weighted by molar-refractivity contribution is 7.99. The third-order valence-electron chi connectivity index (χ3n) is 5.57. The van der Waals surface area contributed by atoms with Crippen molar-refractivity contribution in [3.8, 4) is 17.1 Å². The molecule has 0 saturated heterocycles. The van der Waals surface area contributed by atoms with Crippen LogP contribution in [0.4, 0.5) is 0 Å². The third kappa shape index (κ3) is 6.05. The molecule has 35 heavy (non-hydrogen) atoms. The first-order valence-electron chi connectivity index (χ1n) is 11.4. The van der Waals surface area contributed by atoms with Crippen LogP contribution in [0.5, 0.6) is 0 Å². The van der Waals surface area contributed by atoms with Gasteiger partial charge in [0.1, 0.15) is 0 Å². The first-order valence-corrected chi connectivity index (χ1v) is 12.4. The molecule has 6 nitrogen and oxygen atoms in total. The molecule has 0 aliphatic rings. The average molecular weight is 484 g/mol. The Morgan fingerprint density at radius 3 is 2.34 bits per heavy atom. The molecular weight excluding hydrogens is 454 g/mol. The zero-order chi connectivity index (χ0) is 24.8. The molecule has 7 heteroatoms. The Hall–Kier alpha value is -3.71. The number of aryl methyl sites for hydroxylation is 1. The van der Waals surface area contributed by atoms with Gasteiger partial charge in [-0.25, -0.2) is 5.43 Å². The van der Waals surface area contributed by atoms with E-state index in [-0.39, 0.29) is 17.1 Å². The van der Waals surface area contributed by atoms with Crippen molar-refractivity contribution in [1.29, 1.82) is 0 Å². The molecule has 0 radical (unpaired) electrons. The maximum atomic E-state index is 12.4. The lowest BCUT2D eigenvalue weighted by Gasteiger charge is -2.19. The van der Waals surface area contributed by atoms with Gasteiger partial charge in [-0.3, -0.25) is 9.36 Å². The van der Waals surface area contributed by atoms with E-state index in [1.165, 1.54) is 17.3 Å². The Morgan fingerprint density at radius 1 is 0.971 bits per heavy atom. The average Bonchev–Trinajstić information content (AvgIpc) is 3.28. The van der Waals surface area contributed by atoms with Gasteiger partial charge in [-0.15, -0.1) is 10.2 Å². The molecule has 0 atom stereocenters. The molecule has 0 bridgehead atoms. The minimum atomic E-state index is -0.210. The second kappa shape index (κ2) is 10.7. The summed E-state index contributed by atoms with van der Waals surface area (Å²) in [5.74, 6) is 0.689. The Balaban J connectivity index is 1.53. The van der Waals surface area contributed by atoms with Gasteiger partial charge < -0.3 is 0 Å². The molecule has 0 unspecified atom stereocenters. The van der Waals surface area contributed by atoms with E-state index in [1.54, 1.807) is 6.21 Å². The lowest BCUT2D eigenvalue weighted by molar-refractivity contribution is -0.118. The number of thioether (sulfide) groups is 1. The predicted octanol–water partition coefficient (Wildman–Crippen LogP) is 5.78. The van der Waals surface area contributed by atoms with Crippen LogP contribution < -0.4 is 5.43 Å². The second-order valence-corrected chi connectivity index (χ2v) is 10.2. The van der Waals surface area contributed by atoms with E-state index in [0.717, 1.165) is 28.2 Å². The van der Waals surface area contributed by atoms with E-state index in [1.807, 2.05) is 66.1 Å². The first-order chi connectivity index (χ1) is 16.8. The van der Waals surface area contributed by atoms with Crippen molar-refractivity contribution in [3.63, 3.8) is 0 Å². The van der Waals surface area contributed by atoms with Crippen LogP contribution in [0.25, 0.3) is 17.1 Å². The number of hydrogen-bond acceptors (Lipinski definition) is 5. The van der Waals surface area contributed by atoms with E-state index in [0.29, 0.717) is 5.16 Å². The number of hydrogen-bond donors (Lipinski definition) is 1. The summed E-state index contributed by atoms with van der Waals surface area (Å²) >= 11 is 1.33. The number of nitrogens with one attached hydrogen (secondary N) is 1. The molecule has 4 rings (SSSR count).